The first-order chi connectivity index (χ1) is 10.2. The van der Waals surface area contributed by atoms with Crippen molar-refractivity contribution in [1.82, 2.24) is 0 Å². The van der Waals surface area contributed by atoms with Gasteiger partial charge in [0.1, 0.15) is 6.29 Å². The molecule has 0 atom stereocenters. The second kappa shape index (κ2) is 7.11. The SMILES string of the molecule is CCCCN1C(=O)COc2c(OCCC)cc(C=O)cc21. The number of hydrogen-bond donors (Lipinski definition) is 0. The number of benzene rings is 1. The lowest BCUT2D eigenvalue weighted by Crippen LogP contribution is -2.39. The number of unbranched alkanes of at least 4 members (excludes halogenated alkanes) is 1. The molecule has 1 aromatic carbocycles. The van der Waals surface area contributed by atoms with Crippen LogP contribution >= 0.6 is 0 Å². The van der Waals surface area contributed by atoms with Crippen LogP contribution < -0.4 is 14.4 Å². The number of amides is 1. The molecule has 1 aliphatic heterocycles. The van der Waals surface area contributed by atoms with Crippen molar-refractivity contribution in [3.63, 3.8) is 0 Å². The van der Waals surface area contributed by atoms with Gasteiger partial charge in [-0.25, -0.2) is 0 Å². The summed E-state index contributed by atoms with van der Waals surface area (Å²) in [7, 11) is 0. The second-order valence-corrected chi connectivity index (χ2v) is 5.02. The summed E-state index contributed by atoms with van der Waals surface area (Å²) in [5.74, 6) is 1.01. The van der Waals surface area contributed by atoms with Crippen LogP contribution in [0.5, 0.6) is 11.5 Å². The van der Waals surface area contributed by atoms with Crippen LogP contribution in [0.25, 0.3) is 0 Å². The third-order valence-electron chi connectivity index (χ3n) is 3.32. The van der Waals surface area contributed by atoms with Crippen molar-refractivity contribution < 1.29 is 19.1 Å². The minimum absolute atomic E-state index is 0.0135. The number of rotatable bonds is 7. The number of anilines is 1. The molecule has 5 nitrogen and oxygen atoms in total. The highest BCUT2D eigenvalue weighted by Gasteiger charge is 2.28. The van der Waals surface area contributed by atoms with E-state index in [1.54, 1.807) is 17.0 Å². The molecule has 0 bridgehead atoms. The molecule has 2 rings (SSSR count). The van der Waals surface area contributed by atoms with Gasteiger partial charge in [0.25, 0.3) is 5.91 Å². The van der Waals surface area contributed by atoms with Crippen molar-refractivity contribution in [2.45, 2.75) is 33.1 Å². The first kappa shape index (κ1) is 15.4. The Labute approximate surface area is 124 Å². The quantitative estimate of drug-likeness (QED) is 0.725. The average Bonchev–Trinajstić information content (AvgIpc) is 2.51. The molecular formula is C16H21NO4. The fourth-order valence-electron chi connectivity index (χ4n) is 2.25. The normalized spacial score (nSPS) is 13.6. The zero-order valence-corrected chi connectivity index (χ0v) is 12.6. The number of hydrogen-bond acceptors (Lipinski definition) is 4. The third kappa shape index (κ3) is 3.35. The molecule has 0 saturated carbocycles. The first-order valence-corrected chi connectivity index (χ1v) is 7.40. The molecule has 0 aliphatic carbocycles. The largest absolute Gasteiger partial charge is 0.490 e. The monoisotopic (exact) mass is 291 g/mol. The summed E-state index contributed by atoms with van der Waals surface area (Å²) in [5, 5.41) is 0. The summed E-state index contributed by atoms with van der Waals surface area (Å²) in [5.41, 5.74) is 1.12. The number of carbonyl (C=O) groups is 2. The topological polar surface area (TPSA) is 55.8 Å². The highest BCUT2D eigenvalue weighted by Crippen LogP contribution is 2.41. The Morgan fingerprint density at radius 2 is 2.14 bits per heavy atom. The van der Waals surface area contributed by atoms with Crippen LogP contribution in [0.15, 0.2) is 12.1 Å². The maximum absolute atomic E-state index is 12.1. The molecule has 5 heteroatoms. The van der Waals surface area contributed by atoms with E-state index in [4.69, 9.17) is 9.47 Å². The maximum atomic E-state index is 12.1. The molecule has 114 valence electrons. The number of fused-ring (bicyclic) bond motifs is 1. The summed E-state index contributed by atoms with van der Waals surface area (Å²) >= 11 is 0. The van der Waals surface area contributed by atoms with Crippen LogP contribution in [0.2, 0.25) is 0 Å². The number of aldehydes is 1. The van der Waals surface area contributed by atoms with Gasteiger partial charge < -0.3 is 14.4 Å². The summed E-state index contributed by atoms with van der Waals surface area (Å²) in [4.78, 5) is 24.9. The molecular weight excluding hydrogens is 270 g/mol. The molecule has 0 N–H and O–H groups in total. The van der Waals surface area contributed by atoms with Gasteiger partial charge in [-0.3, -0.25) is 9.59 Å². The Hall–Kier alpha value is -2.04. The van der Waals surface area contributed by atoms with E-state index in [2.05, 4.69) is 6.92 Å². The van der Waals surface area contributed by atoms with Crippen LogP contribution in [0.4, 0.5) is 5.69 Å². The molecule has 0 spiro atoms. The summed E-state index contributed by atoms with van der Waals surface area (Å²) < 4.78 is 11.2. The predicted octanol–water partition coefficient (Wildman–Crippen LogP) is 2.81. The second-order valence-electron chi connectivity index (χ2n) is 5.02. The highest BCUT2D eigenvalue weighted by atomic mass is 16.5. The van der Waals surface area contributed by atoms with E-state index < -0.39 is 0 Å². The molecule has 0 unspecified atom stereocenters. The molecule has 1 heterocycles. The van der Waals surface area contributed by atoms with Crippen LogP contribution in [0, 0.1) is 0 Å². The number of nitrogens with zero attached hydrogens (tertiary/aromatic N) is 1. The van der Waals surface area contributed by atoms with Crippen LogP contribution in [0.3, 0.4) is 0 Å². The molecule has 0 radical (unpaired) electrons. The zero-order chi connectivity index (χ0) is 15.2. The summed E-state index contributed by atoms with van der Waals surface area (Å²) in [6.45, 7) is 5.26. The van der Waals surface area contributed by atoms with Gasteiger partial charge in [-0.15, -0.1) is 0 Å². The Bertz CT molecular complexity index is 527. The van der Waals surface area contributed by atoms with E-state index in [1.807, 2.05) is 6.92 Å². The molecule has 21 heavy (non-hydrogen) atoms. The molecule has 0 fully saturated rings. The summed E-state index contributed by atoms with van der Waals surface area (Å²) in [6, 6.07) is 3.35. The van der Waals surface area contributed by atoms with Crippen molar-refractivity contribution in [1.29, 1.82) is 0 Å². The van der Waals surface area contributed by atoms with Gasteiger partial charge in [-0.2, -0.15) is 0 Å². The molecule has 1 aliphatic rings. The van der Waals surface area contributed by atoms with Crippen molar-refractivity contribution in [2.24, 2.45) is 0 Å². The lowest BCUT2D eigenvalue weighted by molar-refractivity contribution is -0.121. The smallest absolute Gasteiger partial charge is 0.265 e. The van der Waals surface area contributed by atoms with Crippen LogP contribution in [0.1, 0.15) is 43.5 Å². The number of carbonyl (C=O) groups excluding carboxylic acids is 2. The van der Waals surface area contributed by atoms with Crippen molar-refractivity contribution in [3.05, 3.63) is 17.7 Å². The zero-order valence-electron chi connectivity index (χ0n) is 12.6. The lowest BCUT2D eigenvalue weighted by atomic mass is 10.1. The van der Waals surface area contributed by atoms with Gasteiger partial charge >= 0.3 is 0 Å². The molecule has 0 aromatic heterocycles. The Morgan fingerprint density at radius 3 is 2.81 bits per heavy atom. The number of ether oxygens (including phenoxy) is 2. The Balaban J connectivity index is 2.41. The van der Waals surface area contributed by atoms with Crippen LogP contribution in [-0.2, 0) is 4.79 Å². The van der Waals surface area contributed by atoms with Gasteiger partial charge in [-0.05, 0) is 25.0 Å². The van der Waals surface area contributed by atoms with Crippen molar-refractivity contribution in [3.8, 4) is 11.5 Å². The summed E-state index contributed by atoms with van der Waals surface area (Å²) in [6.07, 6.45) is 3.52. The van der Waals surface area contributed by atoms with E-state index in [9.17, 15) is 9.59 Å². The van der Waals surface area contributed by atoms with Crippen molar-refractivity contribution >= 4 is 17.9 Å². The van der Waals surface area contributed by atoms with Crippen molar-refractivity contribution in [2.75, 3.05) is 24.7 Å². The minimum atomic E-state index is -0.0829. The Kier molecular flexibility index (Phi) is 5.20. The van der Waals surface area contributed by atoms with E-state index in [1.165, 1.54) is 0 Å². The van der Waals surface area contributed by atoms with Gasteiger partial charge in [0.2, 0.25) is 0 Å². The first-order valence-electron chi connectivity index (χ1n) is 7.40. The fourth-order valence-corrected chi connectivity index (χ4v) is 2.25. The molecule has 1 amide bonds. The molecule has 1 aromatic rings. The lowest BCUT2D eigenvalue weighted by Gasteiger charge is -2.30. The van der Waals surface area contributed by atoms with E-state index >= 15 is 0 Å². The standard InChI is InChI=1S/C16H21NO4/c1-3-5-6-17-13-8-12(10-18)9-14(20-7-4-2)16(13)21-11-15(17)19/h8-10H,3-7,11H2,1-2H3. The van der Waals surface area contributed by atoms with E-state index in [0.717, 1.165) is 25.5 Å². The van der Waals surface area contributed by atoms with Gasteiger partial charge in [-0.1, -0.05) is 20.3 Å². The maximum Gasteiger partial charge on any atom is 0.265 e. The predicted molar refractivity (Wildman–Crippen MR) is 80.4 cm³/mol. The third-order valence-corrected chi connectivity index (χ3v) is 3.32. The van der Waals surface area contributed by atoms with Gasteiger partial charge in [0.05, 0.1) is 12.3 Å². The van der Waals surface area contributed by atoms with Crippen LogP contribution in [-0.4, -0.2) is 32.0 Å². The van der Waals surface area contributed by atoms with Gasteiger partial charge in [0, 0.05) is 12.1 Å². The molecule has 0 saturated heterocycles. The van der Waals surface area contributed by atoms with E-state index in [-0.39, 0.29) is 12.5 Å². The fraction of sp³-hybridized carbons (Fsp3) is 0.500. The Morgan fingerprint density at radius 1 is 1.33 bits per heavy atom. The highest BCUT2D eigenvalue weighted by molar-refractivity contribution is 5.99. The minimum Gasteiger partial charge on any atom is -0.490 e. The average molecular weight is 291 g/mol. The van der Waals surface area contributed by atoms with E-state index in [0.29, 0.717) is 35.9 Å². The van der Waals surface area contributed by atoms with Gasteiger partial charge in [0.15, 0.2) is 18.1 Å².